The van der Waals surface area contributed by atoms with Gasteiger partial charge >= 0.3 is 0 Å². The number of hydrogen-bond acceptors (Lipinski definition) is 3. The third-order valence-electron chi connectivity index (χ3n) is 6.96. The zero-order chi connectivity index (χ0) is 20.1. The predicted octanol–water partition coefficient (Wildman–Crippen LogP) is 5.57. The van der Waals surface area contributed by atoms with E-state index in [2.05, 4.69) is 57.9 Å². The highest BCUT2D eigenvalue weighted by atomic mass is 15.0. The number of fused-ring (bicyclic) bond motifs is 14. The third kappa shape index (κ3) is 1.84. The summed E-state index contributed by atoms with van der Waals surface area (Å²) in [7, 11) is 0. The van der Waals surface area contributed by atoms with Gasteiger partial charge in [0.25, 0.3) is 0 Å². The van der Waals surface area contributed by atoms with Crippen LogP contribution in [-0.4, -0.2) is 19.4 Å². The van der Waals surface area contributed by atoms with Gasteiger partial charge in [0.1, 0.15) is 5.65 Å². The minimum atomic E-state index is 0.891. The Morgan fingerprint density at radius 3 is 2.61 bits per heavy atom. The second-order valence-corrected chi connectivity index (χ2v) is 8.50. The SMILES string of the molecule is c1ccc2c(c1)Cc1ccc3c(c1-2)-c1nc2c4ccncc4c4ncccc4n2c1C3. The molecule has 0 atom stereocenters. The molecule has 0 fully saturated rings. The normalized spacial score (nSPS) is 13.5. The van der Waals surface area contributed by atoms with E-state index in [0.29, 0.717) is 0 Å². The molecule has 4 heterocycles. The van der Waals surface area contributed by atoms with Crippen LogP contribution in [0, 0.1) is 0 Å². The number of nitrogens with zero attached hydrogens (tertiary/aromatic N) is 4. The van der Waals surface area contributed by atoms with Crippen molar-refractivity contribution in [1.29, 1.82) is 0 Å². The first-order valence-corrected chi connectivity index (χ1v) is 10.6. The molecule has 0 N–H and O–H groups in total. The molecule has 0 aliphatic heterocycles. The van der Waals surface area contributed by atoms with Gasteiger partial charge in [-0.1, -0.05) is 36.4 Å². The van der Waals surface area contributed by atoms with Crippen molar-refractivity contribution < 1.29 is 0 Å². The maximum absolute atomic E-state index is 5.27. The minimum absolute atomic E-state index is 0.891. The van der Waals surface area contributed by atoms with Crippen LogP contribution in [0.3, 0.4) is 0 Å². The van der Waals surface area contributed by atoms with Gasteiger partial charge in [0.15, 0.2) is 0 Å². The fraction of sp³-hybridized carbons (Fsp3) is 0.0741. The maximum Gasteiger partial charge on any atom is 0.146 e. The Labute approximate surface area is 177 Å². The molecule has 0 radical (unpaired) electrons. The summed E-state index contributed by atoms with van der Waals surface area (Å²) in [6.07, 6.45) is 7.51. The Bertz CT molecular complexity index is 1740. The second kappa shape index (κ2) is 5.35. The van der Waals surface area contributed by atoms with Crippen molar-refractivity contribution in [3.8, 4) is 22.4 Å². The lowest BCUT2D eigenvalue weighted by atomic mass is 9.96. The number of pyridine rings is 3. The van der Waals surface area contributed by atoms with Crippen molar-refractivity contribution in [2.45, 2.75) is 12.8 Å². The second-order valence-electron chi connectivity index (χ2n) is 8.50. The van der Waals surface area contributed by atoms with Gasteiger partial charge in [-0.15, -0.1) is 0 Å². The molecule has 0 saturated heterocycles. The van der Waals surface area contributed by atoms with Gasteiger partial charge in [0.05, 0.1) is 22.4 Å². The number of aromatic nitrogens is 4. The van der Waals surface area contributed by atoms with Crippen LogP contribution >= 0.6 is 0 Å². The van der Waals surface area contributed by atoms with E-state index in [9.17, 15) is 0 Å². The Kier molecular flexibility index (Phi) is 2.72. The smallest absolute Gasteiger partial charge is 0.146 e. The van der Waals surface area contributed by atoms with Crippen LogP contribution in [0.4, 0.5) is 0 Å². The molecule has 0 spiro atoms. The summed E-state index contributed by atoms with van der Waals surface area (Å²) in [6, 6.07) is 19.6. The lowest BCUT2D eigenvalue weighted by molar-refractivity contribution is 1.09. The number of rotatable bonds is 0. The molecule has 2 aliphatic rings. The van der Waals surface area contributed by atoms with E-state index < -0.39 is 0 Å². The molecular formula is C27H16N4. The van der Waals surface area contributed by atoms with Gasteiger partial charge in [-0.2, -0.15) is 0 Å². The zero-order valence-corrected chi connectivity index (χ0v) is 16.6. The molecule has 4 nitrogen and oxygen atoms in total. The minimum Gasteiger partial charge on any atom is -0.294 e. The summed E-state index contributed by atoms with van der Waals surface area (Å²) in [5, 5.41) is 2.16. The van der Waals surface area contributed by atoms with E-state index in [0.717, 1.165) is 46.0 Å². The van der Waals surface area contributed by atoms with Crippen molar-refractivity contribution in [3.05, 3.63) is 95.6 Å². The molecule has 144 valence electrons. The fourth-order valence-electron chi connectivity index (χ4n) is 5.69. The highest BCUT2D eigenvalue weighted by molar-refractivity contribution is 6.10. The molecule has 0 unspecified atom stereocenters. The van der Waals surface area contributed by atoms with Crippen molar-refractivity contribution in [3.63, 3.8) is 0 Å². The standard InChI is InChI=1S/C27H16N4/c1-2-5-18-15(4-1)12-16-7-8-17-13-22-26(24(17)23(16)18)30-27-19-9-11-28-14-20(19)25-21(31(22)27)6-3-10-29-25/h1-11,14H,12-13H2. The summed E-state index contributed by atoms with van der Waals surface area (Å²) >= 11 is 0. The van der Waals surface area contributed by atoms with E-state index in [-0.39, 0.29) is 0 Å². The zero-order valence-electron chi connectivity index (χ0n) is 16.6. The van der Waals surface area contributed by atoms with Crippen LogP contribution in [0.25, 0.3) is 49.8 Å². The van der Waals surface area contributed by atoms with Gasteiger partial charge in [0, 0.05) is 41.3 Å². The molecule has 0 bridgehead atoms. The number of hydrogen-bond donors (Lipinski definition) is 0. The van der Waals surface area contributed by atoms with Gasteiger partial charge in [0.2, 0.25) is 0 Å². The molecule has 31 heavy (non-hydrogen) atoms. The van der Waals surface area contributed by atoms with E-state index in [4.69, 9.17) is 9.97 Å². The van der Waals surface area contributed by atoms with Crippen LogP contribution in [0.2, 0.25) is 0 Å². The van der Waals surface area contributed by atoms with Crippen molar-refractivity contribution in [2.75, 3.05) is 0 Å². The topological polar surface area (TPSA) is 43.1 Å². The molecule has 0 amide bonds. The average molecular weight is 396 g/mol. The Morgan fingerprint density at radius 1 is 0.742 bits per heavy atom. The van der Waals surface area contributed by atoms with Crippen molar-refractivity contribution in [1.82, 2.24) is 19.4 Å². The first-order valence-electron chi connectivity index (χ1n) is 10.6. The van der Waals surface area contributed by atoms with E-state index in [1.165, 1.54) is 39.1 Å². The fourth-order valence-corrected chi connectivity index (χ4v) is 5.69. The average Bonchev–Trinajstić information content (AvgIpc) is 3.48. The Hall–Kier alpha value is -4.05. The number of imidazole rings is 1. The summed E-state index contributed by atoms with van der Waals surface area (Å²) < 4.78 is 2.33. The van der Waals surface area contributed by atoms with E-state index >= 15 is 0 Å². The van der Waals surface area contributed by atoms with Crippen LogP contribution in [0.5, 0.6) is 0 Å². The lowest BCUT2D eigenvalue weighted by Gasteiger charge is -2.10. The number of benzene rings is 2. The highest BCUT2D eigenvalue weighted by Crippen LogP contribution is 2.49. The van der Waals surface area contributed by atoms with Crippen molar-refractivity contribution in [2.24, 2.45) is 0 Å². The molecular weight excluding hydrogens is 380 g/mol. The molecule has 8 rings (SSSR count). The lowest BCUT2D eigenvalue weighted by Crippen LogP contribution is -1.97. The summed E-state index contributed by atoms with van der Waals surface area (Å²) in [4.78, 5) is 14.3. The maximum atomic E-state index is 5.27. The van der Waals surface area contributed by atoms with E-state index in [1.54, 1.807) is 0 Å². The van der Waals surface area contributed by atoms with Crippen LogP contribution in [0.1, 0.15) is 22.4 Å². The van der Waals surface area contributed by atoms with Gasteiger partial charge in [-0.3, -0.25) is 14.4 Å². The predicted molar refractivity (Wildman–Crippen MR) is 122 cm³/mol. The monoisotopic (exact) mass is 396 g/mol. The van der Waals surface area contributed by atoms with Crippen LogP contribution < -0.4 is 0 Å². The summed E-state index contributed by atoms with van der Waals surface area (Å²) in [6.45, 7) is 0. The third-order valence-corrected chi connectivity index (χ3v) is 6.96. The Balaban J connectivity index is 1.55. The van der Waals surface area contributed by atoms with Crippen LogP contribution in [0.15, 0.2) is 73.2 Å². The molecule has 0 saturated carbocycles. The van der Waals surface area contributed by atoms with Crippen molar-refractivity contribution >= 4 is 27.5 Å². The molecule has 4 aromatic heterocycles. The first-order chi connectivity index (χ1) is 15.4. The van der Waals surface area contributed by atoms with Gasteiger partial charge < -0.3 is 0 Å². The largest absolute Gasteiger partial charge is 0.294 e. The van der Waals surface area contributed by atoms with E-state index in [1.807, 2.05) is 24.7 Å². The molecule has 4 heteroatoms. The first kappa shape index (κ1) is 15.7. The summed E-state index contributed by atoms with van der Waals surface area (Å²) in [5.41, 5.74) is 13.7. The van der Waals surface area contributed by atoms with Crippen LogP contribution in [-0.2, 0) is 12.8 Å². The highest BCUT2D eigenvalue weighted by Gasteiger charge is 2.32. The van der Waals surface area contributed by atoms with Gasteiger partial charge in [-0.25, -0.2) is 4.98 Å². The quantitative estimate of drug-likeness (QED) is 0.315. The Morgan fingerprint density at radius 2 is 1.65 bits per heavy atom. The molecule has 2 aromatic carbocycles. The summed E-state index contributed by atoms with van der Waals surface area (Å²) in [5.74, 6) is 0. The van der Waals surface area contributed by atoms with Gasteiger partial charge in [-0.05, 0) is 52.4 Å². The molecule has 2 aliphatic carbocycles. The molecule has 6 aromatic rings.